The van der Waals surface area contributed by atoms with Crippen molar-refractivity contribution in [2.45, 2.75) is 26.4 Å². The van der Waals surface area contributed by atoms with Gasteiger partial charge in [0.2, 0.25) is 0 Å². The molecule has 0 aliphatic carbocycles. The second-order valence-corrected chi connectivity index (χ2v) is 5.03. The van der Waals surface area contributed by atoms with Crippen LogP contribution < -0.4 is 4.65 Å². The molecule has 0 amide bonds. The van der Waals surface area contributed by atoms with Crippen LogP contribution in [0, 0.1) is 0 Å². The van der Waals surface area contributed by atoms with E-state index in [-0.39, 0.29) is 0 Å². The SMILES string of the molecule is CC(C)(C)OC(=O)n1ncc2cc(OBO)ccc21. The van der Waals surface area contributed by atoms with E-state index in [1.807, 2.05) is 0 Å². The summed E-state index contributed by atoms with van der Waals surface area (Å²) in [5.41, 5.74) is 0.0505. The van der Waals surface area contributed by atoms with Crippen LogP contribution in [-0.4, -0.2) is 34.2 Å². The number of aromatic nitrogens is 2. The van der Waals surface area contributed by atoms with Gasteiger partial charge in [-0.05, 0) is 39.0 Å². The Morgan fingerprint density at radius 1 is 1.42 bits per heavy atom. The van der Waals surface area contributed by atoms with Gasteiger partial charge in [0.1, 0.15) is 11.4 Å². The first kappa shape index (κ1) is 13.4. The van der Waals surface area contributed by atoms with Crippen LogP contribution in [0.25, 0.3) is 10.9 Å². The van der Waals surface area contributed by atoms with E-state index in [2.05, 4.69) is 5.10 Å². The molecule has 0 unspecified atom stereocenters. The number of ether oxygens (including phenoxy) is 1. The molecule has 1 N–H and O–H groups in total. The number of nitrogens with zero attached hydrogens (tertiary/aromatic N) is 2. The quantitative estimate of drug-likeness (QED) is 0.829. The summed E-state index contributed by atoms with van der Waals surface area (Å²) in [5, 5.41) is 13.4. The molecular weight excluding hydrogens is 247 g/mol. The predicted octanol–water partition coefficient (Wildman–Crippen LogP) is 1.46. The lowest BCUT2D eigenvalue weighted by Crippen LogP contribution is -2.27. The van der Waals surface area contributed by atoms with Gasteiger partial charge in [0, 0.05) is 5.39 Å². The molecule has 0 bridgehead atoms. The Morgan fingerprint density at radius 3 is 2.79 bits per heavy atom. The highest BCUT2D eigenvalue weighted by Crippen LogP contribution is 2.21. The fraction of sp³-hybridized carbons (Fsp3) is 0.333. The van der Waals surface area contributed by atoms with Gasteiger partial charge in [0.15, 0.2) is 0 Å². The van der Waals surface area contributed by atoms with Gasteiger partial charge >= 0.3 is 13.8 Å². The van der Waals surface area contributed by atoms with Crippen molar-refractivity contribution in [1.82, 2.24) is 9.78 Å². The van der Waals surface area contributed by atoms with Crippen LogP contribution in [0.2, 0.25) is 0 Å². The second-order valence-electron chi connectivity index (χ2n) is 5.03. The van der Waals surface area contributed by atoms with E-state index in [0.717, 1.165) is 5.39 Å². The van der Waals surface area contributed by atoms with E-state index in [1.54, 1.807) is 45.2 Å². The summed E-state index contributed by atoms with van der Waals surface area (Å²) < 4.78 is 11.4. The summed E-state index contributed by atoms with van der Waals surface area (Å²) in [5.74, 6) is 0.513. The lowest BCUT2D eigenvalue weighted by Gasteiger charge is -2.19. The number of benzene rings is 1. The lowest BCUT2D eigenvalue weighted by molar-refractivity contribution is 0.0522. The maximum absolute atomic E-state index is 12.0. The van der Waals surface area contributed by atoms with Crippen molar-refractivity contribution in [3.05, 3.63) is 24.4 Å². The average molecular weight is 262 g/mol. The molecule has 100 valence electrons. The Hall–Kier alpha value is -2.02. The molecular formula is C12H15BN2O4. The third-order valence-corrected chi connectivity index (χ3v) is 2.34. The highest BCUT2D eigenvalue weighted by atomic mass is 16.6. The number of rotatable bonds is 2. The topological polar surface area (TPSA) is 73.6 Å². The van der Waals surface area contributed by atoms with Crippen LogP contribution in [0.1, 0.15) is 20.8 Å². The molecule has 0 saturated heterocycles. The summed E-state index contributed by atoms with van der Waals surface area (Å²) in [6.45, 7) is 5.39. The molecule has 2 aromatic rings. The minimum absolute atomic E-state index is 0.397. The van der Waals surface area contributed by atoms with Crippen molar-refractivity contribution in [2.24, 2.45) is 0 Å². The maximum atomic E-state index is 12.0. The van der Waals surface area contributed by atoms with Gasteiger partial charge in [-0.15, -0.1) is 0 Å². The molecule has 0 spiro atoms. The van der Waals surface area contributed by atoms with Gasteiger partial charge in [-0.3, -0.25) is 0 Å². The van der Waals surface area contributed by atoms with Crippen LogP contribution >= 0.6 is 0 Å². The monoisotopic (exact) mass is 262 g/mol. The van der Waals surface area contributed by atoms with E-state index in [4.69, 9.17) is 14.4 Å². The number of carbonyl (C=O) groups is 1. The van der Waals surface area contributed by atoms with Crippen molar-refractivity contribution in [1.29, 1.82) is 0 Å². The minimum Gasteiger partial charge on any atom is -0.539 e. The normalized spacial score (nSPS) is 11.4. The molecule has 0 aliphatic heterocycles. The average Bonchev–Trinajstić information content (AvgIpc) is 2.70. The van der Waals surface area contributed by atoms with Crippen molar-refractivity contribution in [3.8, 4) is 5.75 Å². The Bertz CT molecular complexity index is 603. The lowest BCUT2D eigenvalue weighted by atomic mass is 10.2. The summed E-state index contributed by atoms with van der Waals surface area (Å²) >= 11 is 0. The first-order valence-corrected chi connectivity index (χ1v) is 5.85. The fourth-order valence-corrected chi connectivity index (χ4v) is 1.63. The Balaban J connectivity index is 2.33. The van der Waals surface area contributed by atoms with Crippen molar-refractivity contribution < 1.29 is 19.2 Å². The van der Waals surface area contributed by atoms with E-state index < -0.39 is 19.4 Å². The molecule has 1 aromatic carbocycles. The van der Waals surface area contributed by atoms with E-state index in [0.29, 0.717) is 11.3 Å². The zero-order valence-corrected chi connectivity index (χ0v) is 11.1. The van der Waals surface area contributed by atoms with Crippen LogP contribution in [0.15, 0.2) is 24.4 Å². The third-order valence-electron chi connectivity index (χ3n) is 2.34. The highest BCUT2D eigenvalue weighted by Gasteiger charge is 2.20. The standard InChI is InChI=1S/C12H15BN2O4/c1-12(2,3)18-11(16)15-10-5-4-9(19-13-17)6-8(10)7-14-15/h4-7,13,17H,1-3H3. The Morgan fingerprint density at radius 2 is 2.16 bits per heavy atom. The van der Waals surface area contributed by atoms with Crippen molar-refractivity contribution in [3.63, 3.8) is 0 Å². The molecule has 6 nitrogen and oxygen atoms in total. The van der Waals surface area contributed by atoms with Gasteiger partial charge in [-0.2, -0.15) is 9.78 Å². The molecule has 0 atom stereocenters. The highest BCUT2D eigenvalue weighted by molar-refractivity contribution is 6.17. The van der Waals surface area contributed by atoms with Gasteiger partial charge in [-0.25, -0.2) is 4.79 Å². The number of hydrogen-bond acceptors (Lipinski definition) is 5. The Labute approximate surface area is 111 Å². The summed E-state index contributed by atoms with van der Waals surface area (Å²) in [4.78, 5) is 12.0. The first-order valence-electron chi connectivity index (χ1n) is 5.85. The van der Waals surface area contributed by atoms with Gasteiger partial charge < -0.3 is 14.4 Å². The molecule has 2 rings (SSSR count). The van der Waals surface area contributed by atoms with E-state index >= 15 is 0 Å². The molecule has 0 radical (unpaired) electrons. The Kier molecular flexibility index (Phi) is 3.48. The first-order chi connectivity index (χ1) is 8.90. The van der Waals surface area contributed by atoms with Crippen LogP contribution in [0.5, 0.6) is 5.75 Å². The molecule has 0 saturated carbocycles. The number of hydrogen-bond donors (Lipinski definition) is 1. The summed E-state index contributed by atoms with van der Waals surface area (Å²) in [6.07, 6.45) is 1.02. The second kappa shape index (κ2) is 4.93. The fourth-order valence-electron chi connectivity index (χ4n) is 1.63. The molecule has 19 heavy (non-hydrogen) atoms. The summed E-state index contributed by atoms with van der Waals surface area (Å²) in [7, 11) is -0.397. The van der Waals surface area contributed by atoms with Crippen LogP contribution in [0.3, 0.4) is 0 Å². The van der Waals surface area contributed by atoms with Crippen LogP contribution in [0.4, 0.5) is 4.79 Å². The molecule has 7 heteroatoms. The zero-order valence-electron chi connectivity index (χ0n) is 11.1. The smallest absolute Gasteiger partial charge is 0.504 e. The van der Waals surface area contributed by atoms with Crippen molar-refractivity contribution >= 4 is 24.7 Å². The molecule has 1 aromatic heterocycles. The number of carbonyl (C=O) groups excluding carboxylic acids is 1. The van der Waals surface area contributed by atoms with E-state index in [1.165, 1.54) is 4.68 Å². The zero-order chi connectivity index (χ0) is 14.0. The van der Waals surface area contributed by atoms with Crippen molar-refractivity contribution in [2.75, 3.05) is 0 Å². The van der Waals surface area contributed by atoms with Gasteiger partial charge in [0.25, 0.3) is 0 Å². The minimum atomic E-state index is -0.574. The molecule has 0 fully saturated rings. The number of fused-ring (bicyclic) bond motifs is 1. The maximum Gasteiger partial charge on any atom is 0.504 e. The molecule has 1 heterocycles. The van der Waals surface area contributed by atoms with Gasteiger partial charge in [-0.1, -0.05) is 0 Å². The van der Waals surface area contributed by atoms with Gasteiger partial charge in [0.05, 0.1) is 11.7 Å². The van der Waals surface area contributed by atoms with E-state index in [9.17, 15) is 4.79 Å². The largest absolute Gasteiger partial charge is 0.539 e. The third kappa shape index (κ3) is 3.06. The summed E-state index contributed by atoms with van der Waals surface area (Å²) in [6, 6.07) is 5.04. The molecule has 0 aliphatic rings. The predicted molar refractivity (Wildman–Crippen MR) is 71.4 cm³/mol. The van der Waals surface area contributed by atoms with Crippen LogP contribution in [-0.2, 0) is 4.74 Å².